The van der Waals surface area contributed by atoms with Crippen LogP contribution in [0.25, 0.3) is 0 Å². The molecule has 1 saturated heterocycles. The molecule has 20 heavy (non-hydrogen) atoms. The van der Waals surface area contributed by atoms with E-state index < -0.39 is 0 Å². The van der Waals surface area contributed by atoms with Gasteiger partial charge in [-0.25, -0.2) is 0 Å². The predicted molar refractivity (Wildman–Crippen MR) is 87.2 cm³/mol. The van der Waals surface area contributed by atoms with Crippen LogP contribution in [-0.4, -0.2) is 31.6 Å². The summed E-state index contributed by atoms with van der Waals surface area (Å²) in [6.45, 7) is 10.4. The van der Waals surface area contributed by atoms with Crippen molar-refractivity contribution in [2.75, 3.05) is 26.7 Å². The van der Waals surface area contributed by atoms with Crippen molar-refractivity contribution in [2.45, 2.75) is 46.1 Å². The fourth-order valence-corrected chi connectivity index (χ4v) is 3.28. The number of aryl methyl sites for hydroxylation is 2. The van der Waals surface area contributed by atoms with Gasteiger partial charge in [-0.3, -0.25) is 0 Å². The highest BCUT2D eigenvalue weighted by atomic mass is 15.1. The molecule has 1 aliphatic heterocycles. The summed E-state index contributed by atoms with van der Waals surface area (Å²) in [4.78, 5) is 2.45. The van der Waals surface area contributed by atoms with Crippen LogP contribution in [0.2, 0.25) is 0 Å². The summed E-state index contributed by atoms with van der Waals surface area (Å²) >= 11 is 0. The van der Waals surface area contributed by atoms with Gasteiger partial charge in [0.15, 0.2) is 0 Å². The summed E-state index contributed by atoms with van der Waals surface area (Å²) in [5.74, 6) is 0.921. The van der Waals surface area contributed by atoms with Crippen LogP contribution in [0.5, 0.6) is 0 Å². The van der Waals surface area contributed by atoms with Crippen LogP contribution in [0.1, 0.15) is 48.9 Å². The first-order chi connectivity index (χ1) is 9.56. The van der Waals surface area contributed by atoms with E-state index in [0.29, 0.717) is 6.04 Å². The van der Waals surface area contributed by atoms with Crippen LogP contribution >= 0.6 is 0 Å². The van der Waals surface area contributed by atoms with E-state index in [1.807, 2.05) is 0 Å². The first-order valence-corrected chi connectivity index (χ1v) is 8.05. The van der Waals surface area contributed by atoms with E-state index in [1.54, 1.807) is 0 Å². The SMILES string of the molecule is Cc1ccc(C(C)NCCC2CCN(C)CC2)c(C)c1. The van der Waals surface area contributed by atoms with Crippen molar-refractivity contribution in [2.24, 2.45) is 5.92 Å². The topological polar surface area (TPSA) is 15.3 Å². The zero-order valence-electron chi connectivity index (χ0n) is 13.6. The molecule has 0 aliphatic carbocycles. The molecule has 1 unspecified atom stereocenters. The van der Waals surface area contributed by atoms with E-state index in [4.69, 9.17) is 0 Å². The second-order valence-corrected chi connectivity index (χ2v) is 6.57. The molecule has 112 valence electrons. The molecule has 0 aromatic heterocycles. The molecule has 2 heteroatoms. The Kier molecular flexibility index (Phi) is 5.62. The lowest BCUT2D eigenvalue weighted by molar-refractivity contribution is 0.211. The number of nitrogens with zero attached hydrogens (tertiary/aromatic N) is 1. The van der Waals surface area contributed by atoms with Crippen molar-refractivity contribution in [3.05, 3.63) is 34.9 Å². The lowest BCUT2D eigenvalue weighted by Crippen LogP contribution is -2.32. The quantitative estimate of drug-likeness (QED) is 0.881. The molecule has 0 spiro atoms. The van der Waals surface area contributed by atoms with E-state index >= 15 is 0 Å². The van der Waals surface area contributed by atoms with Crippen LogP contribution in [0.4, 0.5) is 0 Å². The normalized spacial score (nSPS) is 19.2. The minimum absolute atomic E-state index is 0.460. The third-order valence-electron chi connectivity index (χ3n) is 4.73. The maximum Gasteiger partial charge on any atom is 0.0294 e. The second kappa shape index (κ2) is 7.24. The van der Waals surface area contributed by atoms with E-state index in [2.05, 4.69) is 56.2 Å². The van der Waals surface area contributed by atoms with Crippen LogP contribution in [0.3, 0.4) is 0 Å². The highest BCUT2D eigenvalue weighted by molar-refractivity contribution is 5.32. The van der Waals surface area contributed by atoms with Gasteiger partial charge in [0.1, 0.15) is 0 Å². The van der Waals surface area contributed by atoms with Crippen molar-refractivity contribution < 1.29 is 0 Å². The van der Waals surface area contributed by atoms with Gasteiger partial charge in [0.2, 0.25) is 0 Å². The largest absolute Gasteiger partial charge is 0.310 e. The Hall–Kier alpha value is -0.860. The van der Waals surface area contributed by atoms with E-state index in [9.17, 15) is 0 Å². The Balaban J connectivity index is 1.76. The van der Waals surface area contributed by atoms with Gasteiger partial charge in [-0.1, -0.05) is 23.8 Å². The minimum atomic E-state index is 0.460. The second-order valence-electron chi connectivity index (χ2n) is 6.57. The van der Waals surface area contributed by atoms with Gasteiger partial charge in [-0.05, 0) is 83.8 Å². The number of rotatable bonds is 5. The fraction of sp³-hybridized carbons (Fsp3) is 0.667. The minimum Gasteiger partial charge on any atom is -0.310 e. The first-order valence-electron chi connectivity index (χ1n) is 8.05. The highest BCUT2D eigenvalue weighted by Crippen LogP contribution is 2.21. The summed E-state index contributed by atoms with van der Waals surface area (Å²) in [7, 11) is 2.23. The zero-order valence-corrected chi connectivity index (χ0v) is 13.6. The number of benzene rings is 1. The maximum atomic E-state index is 3.70. The van der Waals surface area contributed by atoms with Gasteiger partial charge in [-0.15, -0.1) is 0 Å². The summed E-state index contributed by atoms with van der Waals surface area (Å²) in [5, 5.41) is 3.70. The molecule has 1 aromatic rings. The van der Waals surface area contributed by atoms with Gasteiger partial charge in [0.05, 0.1) is 0 Å². The summed E-state index contributed by atoms with van der Waals surface area (Å²) in [5.41, 5.74) is 4.20. The van der Waals surface area contributed by atoms with Crippen LogP contribution in [0, 0.1) is 19.8 Å². The molecule has 0 saturated carbocycles. The van der Waals surface area contributed by atoms with Crippen molar-refractivity contribution in [3.63, 3.8) is 0 Å². The Morgan fingerprint density at radius 3 is 2.60 bits per heavy atom. The zero-order chi connectivity index (χ0) is 14.5. The Bertz CT molecular complexity index is 419. The van der Waals surface area contributed by atoms with E-state index in [-0.39, 0.29) is 0 Å². The average Bonchev–Trinajstić information content (AvgIpc) is 2.41. The van der Waals surface area contributed by atoms with Crippen LogP contribution < -0.4 is 5.32 Å². The van der Waals surface area contributed by atoms with Gasteiger partial charge >= 0.3 is 0 Å². The molecule has 1 aliphatic rings. The Morgan fingerprint density at radius 2 is 1.95 bits per heavy atom. The molecule has 2 rings (SSSR count). The molecule has 1 heterocycles. The number of piperidine rings is 1. The van der Waals surface area contributed by atoms with Gasteiger partial charge < -0.3 is 10.2 Å². The standard InChI is InChI=1S/C18H30N2/c1-14-5-6-18(15(2)13-14)16(3)19-10-7-17-8-11-20(4)12-9-17/h5-6,13,16-17,19H,7-12H2,1-4H3. The Morgan fingerprint density at radius 1 is 1.25 bits per heavy atom. The number of likely N-dealkylation sites (tertiary alicyclic amines) is 1. The molecule has 0 bridgehead atoms. The third-order valence-corrected chi connectivity index (χ3v) is 4.73. The summed E-state index contributed by atoms with van der Waals surface area (Å²) < 4.78 is 0. The van der Waals surface area contributed by atoms with Gasteiger partial charge in [0.25, 0.3) is 0 Å². The molecular weight excluding hydrogens is 244 g/mol. The number of nitrogens with one attached hydrogen (secondary N) is 1. The van der Waals surface area contributed by atoms with Crippen LogP contribution in [-0.2, 0) is 0 Å². The van der Waals surface area contributed by atoms with Gasteiger partial charge in [0, 0.05) is 6.04 Å². The van der Waals surface area contributed by atoms with Crippen molar-refractivity contribution in [1.82, 2.24) is 10.2 Å². The third kappa shape index (κ3) is 4.32. The first kappa shape index (κ1) is 15.5. The molecule has 1 N–H and O–H groups in total. The molecule has 1 aromatic carbocycles. The number of hydrogen-bond donors (Lipinski definition) is 1. The molecule has 2 nitrogen and oxygen atoms in total. The molecule has 1 fully saturated rings. The monoisotopic (exact) mass is 274 g/mol. The van der Waals surface area contributed by atoms with E-state index in [0.717, 1.165) is 12.5 Å². The van der Waals surface area contributed by atoms with Crippen molar-refractivity contribution >= 4 is 0 Å². The maximum absolute atomic E-state index is 3.70. The Labute approximate surface area is 124 Å². The van der Waals surface area contributed by atoms with Crippen molar-refractivity contribution in [3.8, 4) is 0 Å². The lowest BCUT2D eigenvalue weighted by atomic mass is 9.93. The molecular formula is C18H30N2. The lowest BCUT2D eigenvalue weighted by Gasteiger charge is -2.29. The molecule has 0 radical (unpaired) electrons. The average molecular weight is 274 g/mol. The fourth-order valence-electron chi connectivity index (χ4n) is 3.28. The highest BCUT2D eigenvalue weighted by Gasteiger charge is 2.16. The summed E-state index contributed by atoms with van der Waals surface area (Å²) in [6, 6.07) is 7.24. The summed E-state index contributed by atoms with van der Waals surface area (Å²) in [6.07, 6.45) is 4.06. The number of hydrogen-bond acceptors (Lipinski definition) is 2. The van der Waals surface area contributed by atoms with Gasteiger partial charge in [-0.2, -0.15) is 0 Å². The molecule has 0 amide bonds. The van der Waals surface area contributed by atoms with Crippen molar-refractivity contribution in [1.29, 1.82) is 0 Å². The van der Waals surface area contributed by atoms with E-state index in [1.165, 1.54) is 49.0 Å². The van der Waals surface area contributed by atoms with Crippen LogP contribution in [0.15, 0.2) is 18.2 Å². The smallest absolute Gasteiger partial charge is 0.0294 e. The molecule has 1 atom stereocenters. The predicted octanol–water partition coefficient (Wildman–Crippen LogP) is 3.69.